The van der Waals surface area contributed by atoms with E-state index in [-0.39, 0.29) is 0 Å². The van der Waals surface area contributed by atoms with Gasteiger partial charge in [-0.2, -0.15) is 0 Å². The average molecular weight is 266 g/mol. The minimum Gasteiger partial charge on any atom is -0.389 e. The van der Waals surface area contributed by atoms with E-state index in [1.807, 2.05) is 26.4 Å². The molecule has 1 fully saturated rings. The molecule has 0 saturated carbocycles. The molecule has 1 N–H and O–H groups in total. The first-order valence-electron chi connectivity index (χ1n) is 7.14. The van der Waals surface area contributed by atoms with Gasteiger partial charge in [0.1, 0.15) is 0 Å². The van der Waals surface area contributed by atoms with E-state index in [1.165, 1.54) is 5.69 Å². The first-order chi connectivity index (χ1) is 8.98. The van der Waals surface area contributed by atoms with Gasteiger partial charge in [0.2, 0.25) is 0 Å². The molecule has 0 bridgehead atoms. The van der Waals surface area contributed by atoms with Crippen molar-refractivity contribution in [3.05, 3.63) is 18.2 Å². The number of hydrogen-bond acceptors (Lipinski definition) is 4. The van der Waals surface area contributed by atoms with Gasteiger partial charge < -0.3 is 9.67 Å². The highest BCUT2D eigenvalue weighted by Crippen LogP contribution is 2.11. The zero-order valence-corrected chi connectivity index (χ0v) is 12.3. The van der Waals surface area contributed by atoms with Crippen molar-refractivity contribution < 1.29 is 5.11 Å². The first-order valence-corrected chi connectivity index (χ1v) is 7.14. The molecule has 108 valence electrons. The summed E-state index contributed by atoms with van der Waals surface area (Å²) in [5, 5.41) is 9.84. The lowest BCUT2D eigenvalue weighted by atomic mass is 10.1. The number of piperazine rings is 1. The SMILES string of the molecule is CCn1cncc1CN1CCN(CC(C)(C)O)CC1. The molecule has 0 amide bonds. The summed E-state index contributed by atoms with van der Waals surface area (Å²) in [6, 6.07) is 0. The number of β-amino-alcohol motifs (C(OH)–C–C–N with tert-alkyl or cyclic N) is 1. The maximum atomic E-state index is 9.84. The van der Waals surface area contributed by atoms with Crippen molar-refractivity contribution in [3.8, 4) is 0 Å². The standard InChI is InChI=1S/C14H26N4O/c1-4-18-12-15-9-13(18)10-16-5-7-17(8-6-16)11-14(2,3)19/h9,12,19H,4-8,10-11H2,1-3H3. The highest BCUT2D eigenvalue weighted by Gasteiger charge is 2.23. The van der Waals surface area contributed by atoms with Crippen molar-refractivity contribution in [2.75, 3.05) is 32.7 Å². The van der Waals surface area contributed by atoms with Gasteiger partial charge in [0.25, 0.3) is 0 Å². The fraction of sp³-hybridized carbons (Fsp3) is 0.786. The summed E-state index contributed by atoms with van der Waals surface area (Å²) in [5.41, 5.74) is 0.696. The van der Waals surface area contributed by atoms with Crippen LogP contribution in [-0.2, 0) is 13.1 Å². The molecule has 1 aromatic heterocycles. The summed E-state index contributed by atoms with van der Waals surface area (Å²) in [4.78, 5) is 9.02. The number of aromatic nitrogens is 2. The van der Waals surface area contributed by atoms with Gasteiger partial charge in [-0.05, 0) is 20.8 Å². The van der Waals surface area contributed by atoms with Crippen molar-refractivity contribution in [2.45, 2.75) is 39.5 Å². The maximum Gasteiger partial charge on any atom is 0.0948 e. The summed E-state index contributed by atoms with van der Waals surface area (Å²) >= 11 is 0. The Morgan fingerprint density at radius 1 is 1.21 bits per heavy atom. The van der Waals surface area contributed by atoms with Gasteiger partial charge in [0, 0.05) is 52.0 Å². The van der Waals surface area contributed by atoms with Gasteiger partial charge in [-0.3, -0.25) is 9.80 Å². The Balaban J connectivity index is 1.80. The zero-order valence-electron chi connectivity index (χ0n) is 12.3. The molecule has 5 heteroatoms. The van der Waals surface area contributed by atoms with E-state index < -0.39 is 5.60 Å². The topological polar surface area (TPSA) is 44.5 Å². The van der Waals surface area contributed by atoms with E-state index >= 15 is 0 Å². The third kappa shape index (κ3) is 4.30. The number of imidazole rings is 1. The molecule has 2 rings (SSSR count). The number of aliphatic hydroxyl groups is 1. The molecule has 0 aliphatic carbocycles. The number of nitrogens with zero attached hydrogens (tertiary/aromatic N) is 4. The van der Waals surface area contributed by atoms with Gasteiger partial charge in [0.15, 0.2) is 0 Å². The molecular weight excluding hydrogens is 240 g/mol. The predicted octanol–water partition coefficient (Wildman–Crippen LogP) is 0.791. The van der Waals surface area contributed by atoms with Crippen molar-refractivity contribution >= 4 is 0 Å². The van der Waals surface area contributed by atoms with Crippen LogP contribution in [0.25, 0.3) is 0 Å². The highest BCUT2D eigenvalue weighted by molar-refractivity contribution is 4.98. The lowest BCUT2D eigenvalue weighted by molar-refractivity contribution is 0.0164. The van der Waals surface area contributed by atoms with Crippen molar-refractivity contribution in [1.29, 1.82) is 0 Å². The monoisotopic (exact) mass is 266 g/mol. The molecule has 1 saturated heterocycles. The van der Waals surface area contributed by atoms with Crippen LogP contribution < -0.4 is 0 Å². The molecule has 1 aliphatic heterocycles. The fourth-order valence-electron chi connectivity index (χ4n) is 2.65. The van der Waals surface area contributed by atoms with Crippen LogP contribution in [0.3, 0.4) is 0 Å². The second kappa shape index (κ2) is 6.03. The van der Waals surface area contributed by atoms with Gasteiger partial charge in [0.05, 0.1) is 17.6 Å². The lowest BCUT2D eigenvalue weighted by Crippen LogP contribution is -2.50. The van der Waals surface area contributed by atoms with Gasteiger partial charge >= 0.3 is 0 Å². The van der Waals surface area contributed by atoms with E-state index in [1.54, 1.807) is 0 Å². The molecule has 0 unspecified atom stereocenters. The van der Waals surface area contributed by atoms with Crippen molar-refractivity contribution in [2.24, 2.45) is 0 Å². The van der Waals surface area contributed by atoms with Crippen LogP contribution in [0.5, 0.6) is 0 Å². The second-order valence-corrected chi connectivity index (χ2v) is 6.04. The Morgan fingerprint density at radius 3 is 2.42 bits per heavy atom. The average Bonchev–Trinajstić information content (AvgIpc) is 2.77. The summed E-state index contributed by atoms with van der Waals surface area (Å²) in [6.07, 6.45) is 3.87. The molecule has 5 nitrogen and oxygen atoms in total. The van der Waals surface area contributed by atoms with Gasteiger partial charge in [-0.25, -0.2) is 4.98 Å². The molecule has 2 heterocycles. The fourth-order valence-corrected chi connectivity index (χ4v) is 2.65. The zero-order chi connectivity index (χ0) is 13.9. The Bertz CT molecular complexity index is 388. The molecular formula is C14H26N4O. The maximum absolute atomic E-state index is 9.84. The van der Waals surface area contributed by atoms with Crippen LogP contribution >= 0.6 is 0 Å². The summed E-state index contributed by atoms with van der Waals surface area (Å²) < 4.78 is 2.20. The Kier molecular flexibility index (Phi) is 4.60. The lowest BCUT2D eigenvalue weighted by Gasteiger charge is -2.37. The third-order valence-corrected chi connectivity index (χ3v) is 3.60. The molecule has 0 aromatic carbocycles. The Hall–Kier alpha value is -0.910. The van der Waals surface area contributed by atoms with Crippen LogP contribution in [0.15, 0.2) is 12.5 Å². The normalized spacial score (nSPS) is 18.9. The smallest absolute Gasteiger partial charge is 0.0948 e. The van der Waals surface area contributed by atoms with Crippen LogP contribution in [0.2, 0.25) is 0 Å². The number of rotatable bonds is 5. The molecule has 1 aliphatic rings. The minimum absolute atomic E-state index is 0.594. The highest BCUT2D eigenvalue weighted by atomic mass is 16.3. The third-order valence-electron chi connectivity index (χ3n) is 3.60. The second-order valence-electron chi connectivity index (χ2n) is 6.04. The molecule has 1 aromatic rings. The largest absolute Gasteiger partial charge is 0.389 e. The van der Waals surface area contributed by atoms with E-state index in [2.05, 4.69) is 26.3 Å². The van der Waals surface area contributed by atoms with E-state index in [4.69, 9.17) is 0 Å². The van der Waals surface area contributed by atoms with Crippen LogP contribution in [0.4, 0.5) is 0 Å². The summed E-state index contributed by atoms with van der Waals surface area (Å²) in [6.45, 7) is 12.8. The van der Waals surface area contributed by atoms with Crippen molar-refractivity contribution in [3.63, 3.8) is 0 Å². The minimum atomic E-state index is -0.594. The van der Waals surface area contributed by atoms with E-state index in [9.17, 15) is 5.11 Å². The first kappa shape index (κ1) is 14.5. The summed E-state index contributed by atoms with van der Waals surface area (Å²) in [5.74, 6) is 0. The van der Waals surface area contributed by atoms with Crippen LogP contribution in [0, 0.1) is 0 Å². The summed E-state index contributed by atoms with van der Waals surface area (Å²) in [7, 11) is 0. The Morgan fingerprint density at radius 2 is 1.84 bits per heavy atom. The molecule has 19 heavy (non-hydrogen) atoms. The molecule has 0 radical (unpaired) electrons. The number of hydrogen-bond donors (Lipinski definition) is 1. The van der Waals surface area contributed by atoms with E-state index in [0.29, 0.717) is 0 Å². The quantitative estimate of drug-likeness (QED) is 0.856. The molecule has 0 spiro atoms. The van der Waals surface area contributed by atoms with Gasteiger partial charge in [-0.15, -0.1) is 0 Å². The van der Waals surface area contributed by atoms with Crippen LogP contribution in [-0.4, -0.2) is 62.8 Å². The Labute approximate surface area is 115 Å². The van der Waals surface area contributed by atoms with Crippen molar-refractivity contribution in [1.82, 2.24) is 19.4 Å². The van der Waals surface area contributed by atoms with E-state index in [0.717, 1.165) is 45.8 Å². The predicted molar refractivity (Wildman–Crippen MR) is 75.9 cm³/mol. The molecule has 0 atom stereocenters. The number of aryl methyl sites for hydroxylation is 1. The van der Waals surface area contributed by atoms with Gasteiger partial charge in [-0.1, -0.05) is 0 Å². The van der Waals surface area contributed by atoms with Crippen LogP contribution in [0.1, 0.15) is 26.5 Å².